The molecule has 2 heterocycles. The van der Waals surface area contributed by atoms with E-state index in [-0.39, 0.29) is 24.3 Å². The lowest BCUT2D eigenvalue weighted by atomic mass is 10.0. The molecule has 0 spiro atoms. The smallest absolute Gasteiger partial charge is 0.226 e. The number of aromatic amines is 1. The fourth-order valence-corrected chi connectivity index (χ4v) is 4.37. The number of carbonyl (C=O) groups is 1. The summed E-state index contributed by atoms with van der Waals surface area (Å²) in [5.74, 6) is 2.16. The van der Waals surface area contributed by atoms with Crippen molar-refractivity contribution in [1.82, 2.24) is 20.3 Å². The Balaban J connectivity index is 1.47. The van der Waals surface area contributed by atoms with Gasteiger partial charge in [-0.1, -0.05) is 26.0 Å². The standard InChI is InChI=1S/C24H26N4O3S/c1-14(2)22(23-26-17-7-5-6-8-18(17)27-23)28-21(29)12-16-13-32-24(25-16)15-9-10-19(30-3)20(11-15)31-4/h5-11,13-14,22H,12H2,1-4H3,(H,26,27)(H,28,29)/t22-/m1/s1. The molecule has 4 aromatic rings. The number of H-pyrrole nitrogens is 1. The maximum Gasteiger partial charge on any atom is 0.226 e. The average Bonchev–Trinajstić information content (AvgIpc) is 3.43. The van der Waals surface area contributed by atoms with Crippen LogP contribution in [0.15, 0.2) is 47.8 Å². The molecule has 1 amide bonds. The first-order chi connectivity index (χ1) is 15.5. The molecule has 32 heavy (non-hydrogen) atoms. The van der Waals surface area contributed by atoms with Gasteiger partial charge in [-0.3, -0.25) is 4.79 Å². The quantitative estimate of drug-likeness (QED) is 0.404. The summed E-state index contributed by atoms with van der Waals surface area (Å²) in [6, 6.07) is 13.3. The van der Waals surface area contributed by atoms with Gasteiger partial charge in [-0.25, -0.2) is 9.97 Å². The molecule has 2 aromatic heterocycles. The van der Waals surface area contributed by atoms with E-state index in [1.54, 1.807) is 14.2 Å². The van der Waals surface area contributed by atoms with Gasteiger partial charge in [0.05, 0.1) is 43.4 Å². The Morgan fingerprint density at radius 2 is 1.88 bits per heavy atom. The number of para-hydroxylation sites is 2. The predicted molar refractivity (Wildman–Crippen MR) is 126 cm³/mol. The van der Waals surface area contributed by atoms with Crippen LogP contribution in [0.25, 0.3) is 21.6 Å². The first kappa shape index (κ1) is 21.8. The van der Waals surface area contributed by atoms with E-state index in [0.717, 1.165) is 33.1 Å². The number of nitrogens with one attached hydrogen (secondary N) is 2. The lowest BCUT2D eigenvalue weighted by Gasteiger charge is -2.20. The first-order valence-electron chi connectivity index (χ1n) is 10.4. The molecule has 2 N–H and O–H groups in total. The van der Waals surface area contributed by atoms with Crippen LogP contribution >= 0.6 is 11.3 Å². The number of ether oxygens (including phenoxy) is 2. The van der Waals surface area contributed by atoms with Crippen molar-refractivity contribution in [2.24, 2.45) is 5.92 Å². The van der Waals surface area contributed by atoms with E-state index < -0.39 is 0 Å². The third-order valence-electron chi connectivity index (χ3n) is 5.21. The summed E-state index contributed by atoms with van der Waals surface area (Å²) < 4.78 is 10.7. The van der Waals surface area contributed by atoms with Crippen molar-refractivity contribution >= 4 is 28.3 Å². The Morgan fingerprint density at radius 3 is 2.59 bits per heavy atom. The highest BCUT2D eigenvalue weighted by atomic mass is 32.1. The maximum absolute atomic E-state index is 12.8. The molecule has 0 saturated carbocycles. The van der Waals surface area contributed by atoms with E-state index in [4.69, 9.17) is 9.47 Å². The lowest BCUT2D eigenvalue weighted by molar-refractivity contribution is -0.121. The second-order valence-corrected chi connectivity index (χ2v) is 8.68. The highest BCUT2D eigenvalue weighted by molar-refractivity contribution is 7.13. The zero-order chi connectivity index (χ0) is 22.7. The molecule has 0 radical (unpaired) electrons. The fraction of sp³-hybridized carbons (Fsp3) is 0.292. The van der Waals surface area contributed by atoms with Crippen LogP contribution in [0.3, 0.4) is 0 Å². The normalized spacial score (nSPS) is 12.2. The molecule has 0 aliphatic carbocycles. The number of carbonyl (C=O) groups excluding carboxylic acids is 1. The van der Waals surface area contributed by atoms with Crippen molar-refractivity contribution < 1.29 is 14.3 Å². The number of nitrogens with zero attached hydrogens (tertiary/aromatic N) is 2. The summed E-state index contributed by atoms with van der Waals surface area (Å²) in [4.78, 5) is 25.5. The highest BCUT2D eigenvalue weighted by Gasteiger charge is 2.22. The molecule has 0 aliphatic rings. The summed E-state index contributed by atoms with van der Waals surface area (Å²) in [5.41, 5.74) is 3.49. The molecule has 0 unspecified atom stereocenters. The molecular formula is C24H26N4O3S. The summed E-state index contributed by atoms with van der Waals surface area (Å²) in [6.07, 6.45) is 0.202. The van der Waals surface area contributed by atoms with Gasteiger partial charge in [0.2, 0.25) is 5.91 Å². The van der Waals surface area contributed by atoms with E-state index in [2.05, 4.69) is 34.1 Å². The molecule has 0 aliphatic heterocycles. The van der Waals surface area contributed by atoms with Gasteiger partial charge in [0.15, 0.2) is 11.5 Å². The van der Waals surface area contributed by atoms with Gasteiger partial charge < -0.3 is 19.8 Å². The molecule has 2 aromatic carbocycles. The van der Waals surface area contributed by atoms with Crippen molar-refractivity contribution in [2.75, 3.05) is 14.2 Å². The summed E-state index contributed by atoms with van der Waals surface area (Å²) in [5, 5.41) is 5.86. The molecule has 0 bridgehead atoms. The highest BCUT2D eigenvalue weighted by Crippen LogP contribution is 2.33. The third kappa shape index (κ3) is 4.60. The molecule has 7 nitrogen and oxygen atoms in total. The Kier molecular flexibility index (Phi) is 6.41. The van der Waals surface area contributed by atoms with Gasteiger partial charge >= 0.3 is 0 Å². The number of imidazole rings is 1. The van der Waals surface area contributed by atoms with Gasteiger partial charge in [0.1, 0.15) is 10.8 Å². The number of methoxy groups -OCH3 is 2. The monoisotopic (exact) mass is 450 g/mol. The summed E-state index contributed by atoms with van der Waals surface area (Å²) in [6.45, 7) is 4.13. The van der Waals surface area contributed by atoms with Crippen LogP contribution in [0.4, 0.5) is 0 Å². The molecule has 166 valence electrons. The molecule has 1 atom stereocenters. The SMILES string of the molecule is COc1ccc(-c2nc(CC(=O)N[C@@H](c3nc4ccccc4[nH]3)C(C)C)cs2)cc1OC. The Morgan fingerprint density at radius 1 is 1.09 bits per heavy atom. The van der Waals surface area contributed by atoms with Crippen LogP contribution < -0.4 is 14.8 Å². The predicted octanol–water partition coefficient (Wildman–Crippen LogP) is 4.76. The minimum absolute atomic E-state index is 0.0895. The van der Waals surface area contributed by atoms with Gasteiger partial charge in [0, 0.05) is 10.9 Å². The number of amides is 1. The zero-order valence-electron chi connectivity index (χ0n) is 18.5. The van der Waals surface area contributed by atoms with Crippen molar-refractivity contribution in [3.05, 3.63) is 59.4 Å². The number of thiazole rings is 1. The summed E-state index contributed by atoms with van der Waals surface area (Å²) >= 11 is 1.50. The number of fused-ring (bicyclic) bond motifs is 1. The first-order valence-corrected chi connectivity index (χ1v) is 11.3. The van der Waals surface area contributed by atoms with Gasteiger partial charge in [-0.2, -0.15) is 0 Å². The minimum Gasteiger partial charge on any atom is -0.493 e. The van der Waals surface area contributed by atoms with Crippen molar-refractivity contribution in [3.63, 3.8) is 0 Å². The lowest BCUT2D eigenvalue weighted by Crippen LogP contribution is -2.33. The largest absolute Gasteiger partial charge is 0.493 e. The Bertz CT molecular complexity index is 1200. The van der Waals surface area contributed by atoms with Crippen LogP contribution in [0.2, 0.25) is 0 Å². The number of hydrogen-bond acceptors (Lipinski definition) is 6. The van der Waals surface area contributed by atoms with E-state index in [1.807, 2.05) is 47.8 Å². The average molecular weight is 451 g/mol. The zero-order valence-corrected chi connectivity index (χ0v) is 19.3. The topological polar surface area (TPSA) is 89.1 Å². The van der Waals surface area contributed by atoms with E-state index >= 15 is 0 Å². The molecular weight excluding hydrogens is 424 g/mol. The number of hydrogen-bond donors (Lipinski definition) is 2. The molecule has 4 rings (SSSR count). The van der Waals surface area contributed by atoms with Crippen molar-refractivity contribution in [2.45, 2.75) is 26.3 Å². The number of rotatable bonds is 8. The second-order valence-electron chi connectivity index (χ2n) is 7.82. The van der Waals surface area contributed by atoms with Gasteiger partial charge in [0.25, 0.3) is 0 Å². The fourth-order valence-electron chi connectivity index (χ4n) is 3.55. The van der Waals surface area contributed by atoms with Crippen molar-refractivity contribution in [1.29, 1.82) is 0 Å². The van der Waals surface area contributed by atoms with Crippen LogP contribution in [-0.2, 0) is 11.2 Å². The van der Waals surface area contributed by atoms with Crippen molar-refractivity contribution in [3.8, 4) is 22.1 Å². The maximum atomic E-state index is 12.8. The van der Waals surface area contributed by atoms with Gasteiger partial charge in [-0.15, -0.1) is 11.3 Å². The third-order valence-corrected chi connectivity index (χ3v) is 6.15. The number of aromatic nitrogens is 3. The molecule has 0 fully saturated rings. The summed E-state index contributed by atoms with van der Waals surface area (Å²) in [7, 11) is 3.21. The Hall–Kier alpha value is -3.39. The van der Waals surface area contributed by atoms with E-state index in [9.17, 15) is 4.79 Å². The van der Waals surface area contributed by atoms with E-state index in [1.165, 1.54) is 11.3 Å². The molecule has 0 saturated heterocycles. The van der Waals surface area contributed by atoms with Crippen LogP contribution in [0, 0.1) is 5.92 Å². The Labute approximate surface area is 190 Å². The van der Waals surface area contributed by atoms with Crippen LogP contribution in [0.1, 0.15) is 31.4 Å². The van der Waals surface area contributed by atoms with Crippen LogP contribution in [0.5, 0.6) is 11.5 Å². The van der Waals surface area contributed by atoms with E-state index in [0.29, 0.717) is 11.5 Å². The second kappa shape index (κ2) is 9.40. The van der Waals surface area contributed by atoms with Gasteiger partial charge in [-0.05, 0) is 36.2 Å². The minimum atomic E-state index is -0.209. The van der Waals surface area contributed by atoms with Crippen LogP contribution in [-0.4, -0.2) is 35.1 Å². The number of benzene rings is 2. The molecule has 8 heteroatoms.